The zero-order valence-electron chi connectivity index (χ0n) is 9.42. The van der Waals surface area contributed by atoms with Crippen molar-refractivity contribution in [2.24, 2.45) is 0 Å². The van der Waals surface area contributed by atoms with Crippen LogP contribution < -0.4 is 0 Å². The molecule has 4 heteroatoms. The largest absolute Gasteiger partial charge is 0.396 e. The van der Waals surface area contributed by atoms with Crippen LogP contribution in [0.15, 0.2) is 0 Å². The van der Waals surface area contributed by atoms with Crippen LogP contribution in [0.4, 0.5) is 0 Å². The maximum absolute atomic E-state index is 5.61. The first-order chi connectivity index (χ1) is 5.99. The van der Waals surface area contributed by atoms with Gasteiger partial charge in [0, 0.05) is 13.2 Å². The molecule has 80 valence electrons. The molecule has 0 saturated carbocycles. The molecular formula is C9H22O3Si. The van der Waals surface area contributed by atoms with E-state index >= 15 is 0 Å². The number of hydrogen-bond acceptors (Lipinski definition) is 3. The van der Waals surface area contributed by atoms with Gasteiger partial charge in [0.05, 0.1) is 11.8 Å². The summed E-state index contributed by atoms with van der Waals surface area (Å²) in [5.74, 6) is 0. The maximum atomic E-state index is 5.61. The quantitative estimate of drug-likeness (QED) is 0.618. The van der Waals surface area contributed by atoms with Gasteiger partial charge in [-0.15, -0.1) is 0 Å². The first kappa shape index (κ1) is 13.1. The molecule has 13 heavy (non-hydrogen) atoms. The van der Waals surface area contributed by atoms with Crippen LogP contribution in [0.25, 0.3) is 0 Å². The summed E-state index contributed by atoms with van der Waals surface area (Å²) in [5, 5.41) is 0. The van der Waals surface area contributed by atoms with Crippen molar-refractivity contribution >= 4 is 9.28 Å². The number of ether oxygens (including phenoxy) is 1. The second-order valence-corrected chi connectivity index (χ2v) is 5.62. The molecule has 0 N–H and O–H groups in total. The first-order valence-electron chi connectivity index (χ1n) is 4.86. The molecule has 0 bridgehead atoms. The predicted molar refractivity (Wildman–Crippen MR) is 56.1 cm³/mol. The van der Waals surface area contributed by atoms with Gasteiger partial charge in [-0.1, -0.05) is 0 Å². The van der Waals surface area contributed by atoms with Gasteiger partial charge >= 0.3 is 9.28 Å². The fraction of sp³-hybridized carbons (Fsp3) is 1.00. The second kappa shape index (κ2) is 6.54. The van der Waals surface area contributed by atoms with E-state index in [1.165, 1.54) is 0 Å². The van der Waals surface area contributed by atoms with Crippen LogP contribution in [0, 0.1) is 0 Å². The normalized spacial score (nSPS) is 12.5. The third kappa shape index (κ3) is 8.43. The van der Waals surface area contributed by atoms with Crippen molar-refractivity contribution in [3.05, 3.63) is 0 Å². The molecule has 0 aliphatic carbocycles. The summed E-state index contributed by atoms with van der Waals surface area (Å²) in [6, 6.07) is 0. The molecule has 0 atom stereocenters. The molecule has 0 aliphatic rings. The van der Waals surface area contributed by atoms with E-state index in [0.29, 0.717) is 19.4 Å². The highest BCUT2D eigenvalue weighted by Gasteiger charge is 2.17. The van der Waals surface area contributed by atoms with Crippen molar-refractivity contribution in [2.45, 2.75) is 40.2 Å². The molecule has 0 heterocycles. The predicted octanol–water partition coefficient (Wildman–Crippen LogP) is 1.63. The Morgan fingerprint density at radius 3 is 1.77 bits per heavy atom. The van der Waals surface area contributed by atoms with Crippen molar-refractivity contribution in [1.82, 2.24) is 0 Å². The Morgan fingerprint density at radius 2 is 1.46 bits per heavy atom. The smallest absolute Gasteiger partial charge is 0.348 e. The summed E-state index contributed by atoms with van der Waals surface area (Å²) in [5.41, 5.74) is -0.0978. The minimum absolute atomic E-state index is 0.0978. The lowest BCUT2D eigenvalue weighted by molar-refractivity contribution is 0.00770. The highest BCUT2D eigenvalue weighted by Crippen LogP contribution is 2.07. The van der Waals surface area contributed by atoms with Gasteiger partial charge < -0.3 is 13.6 Å². The summed E-state index contributed by atoms with van der Waals surface area (Å²) in [7, 11) is -1.56. The average molecular weight is 206 g/mol. The topological polar surface area (TPSA) is 27.7 Å². The summed E-state index contributed by atoms with van der Waals surface area (Å²) >= 11 is 0. The van der Waals surface area contributed by atoms with E-state index in [1.807, 2.05) is 34.6 Å². The summed E-state index contributed by atoms with van der Waals surface area (Å²) in [4.78, 5) is 0. The molecule has 0 amide bonds. The molecular weight excluding hydrogens is 184 g/mol. The van der Waals surface area contributed by atoms with E-state index in [4.69, 9.17) is 13.6 Å². The fourth-order valence-corrected chi connectivity index (χ4v) is 2.50. The zero-order valence-corrected chi connectivity index (χ0v) is 10.6. The Labute approximate surface area is 83.2 Å². The third-order valence-corrected chi connectivity index (χ3v) is 3.21. The Bertz CT molecular complexity index is 117. The minimum atomic E-state index is -1.56. The standard InChI is InChI=1S/C9H22O3Si/c1-6-11-13(12-7-2)8-10-9(3,4)5/h13H,6-8H2,1-5H3. The van der Waals surface area contributed by atoms with Gasteiger partial charge in [0.2, 0.25) is 0 Å². The van der Waals surface area contributed by atoms with Gasteiger partial charge in [-0.25, -0.2) is 0 Å². The average Bonchev–Trinajstić information content (AvgIpc) is 2.00. The van der Waals surface area contributed by atoms with Gasteiger partial charge in [-0.3, -0.25) is 0 Å². The molecule has 0 unspecified atom stereocenters. The van der Waals surface area contributed by atoms with Crippen LogP contribution in [-0.4, -0.2) is 34.3 Å². The lowest BCUT2D eigenvalue weighted by atomic mass is 10.2. The van der Waals surface area contributed by atoms with Crippen LogP contribution in [0.3, 0.4) is 0 Å². The monoisotopic (exact) mass is 206 g/mol. The molecule has 0 radical (unpaired) electrons. The van der Waals surface area contributed by atoms with Crippen LogP contribution in [0.5, 0.6) is 0 Å². The molecule has 0 aromatic heterocycles. The van der Waals surface area contributed by atoms with E-state index in [9.17, 15) is 0 Å². The van der Waals surface area contributed by atoms with Crippen molar-refractivity contribution in [1.29, 1.82) is 0 Å². The Hall–Kier alpha value is 0.0969. The van der Waals surface area contributed by atoms with Crippen LogP contribution in [0.2, 0.25) is 0 Å². The lowest BCUT2D eigenvalue weighted by Gasteiger charge is -2.22. The SMILES string of the molecule is CCO[SiH](COC(C)(C)C)OCC. The van der Waals surface area contributed by atoms with Crippen molar-refractivity contribution in [3.63, 3.8) is 0 Å². The molecule has 0 aromatic carbocycles. The van der Waals surface area contributed by atoms with Gasteiger partial charge in [0.15, 0.2) is 0 Å². The lowest BCUT2D eigenvalue weighted by Crippen LogP contribution is -2.34. The molecule has 0 aliphatic heterocycles. The Morgan fingerprint density at radius 1 is 1.00 bits per heavy atom. The highest BCUT2D eigenvalue weighted by atomic mass is 28.3. The first-order valence-corrected chi connectivity index (χ1v) is 6.62. The van der Waals surface area contributed by atoms with Crippen molar-refractivity contribution in [2.75, 3.05) is 19.4 Å². The third-order valence-electron chi connectivity index (χ3n) is 1.36. The fourth-order valence-electron chi connectivity index (χ4n) is 0.834. The van der Waals surface area contributed by atoms with Gasteiger partial charge in [0.25, 0.3) is 0 Å². The van der Waals surface area contributed by atoms with Gasteiger partial charge in [0.1, 0.15) is 0 Å². The van der Waals surface area contributed by atoms with E-state index in [-0.39, 0.29) is 5.60 Å². The zero-order chi connectivity index (χ0) is 10.3. The van der Waals surface area contributed by atoms with Gasteiger partial charge in [-0.05, 0) is 34.6 Å². The molecule has 0 aromatic rings. The summed E-state index contributed by atoms with van der Waals surface area (Å²) < 4.78 is 16.5. The van der Waals surface area contributed by atoms with Crippen LogP contribution in [0.1, 0.15) is 34.6 Å². The molecule has 0 rings (SSSR count). The van der Waals surface area contributed by atoms with Crippen molar-refractivity contribution in [3.8, 4) is 0 Å². The molecule has 0 saturated heterocycles. The molecule has 0 spiro atoms. The highest BCUT2D eigenvalue weighted by molar-refractivity contribution is 6.44. The second-order valence-electron chi connectivity index (χ2n) is 3.76. The van der Waals surface area contributed by atoms with Gasteiger partial charge in [-0.2, -0.15) is 0 Å². The molecule has 3 nitrogen and oxygen atoms in total. The number of hydrogen-bond donors (Lipinski definition) is 0. The minimum Gasteiger partial charge on any atom is -0.396 e. The van der Waals surface area contributed by atoms with E-state index < -0.39 is 9.28 Å². The number of rotatable bonds is 6. The summed E-state index contributed by atoms with van der Waals surface area (Å²) in [6.07, 6.45) is 0.630. The van der Waals surface area contributed by atoms with E-state index in [1.54, 1.807) is 0 Å². The molecule has 0 fully saturated rings. The van der Waals surface area contributed by atoms with E-state index in [0.717, 1.165) is 0 Å². The Balaban J connectivity index is 3.68. The van der Waals surface area contributed by atoms with Crippen LogP contribution in [-0.2, 0) is 13.6 Å². The maximum Gasteiger partial charge on any atom is 0.348 e. The summed E-state index contributed by atoms with van der Waals surface area (Å²) in [6.45, 7) is 11.5. The van der Waals surface area contributed by atoms with Crippen molar-refractivity contribution < 1.29 is 13.6 Å². The van der Waals surface area contributed by atoms with E-state index in [2.05, 4.69) is 0 Å². The van der Waals surface area contributed by atoms with Crippen LogP contribution >= 0.6 is 0 Å². The Kier molecular flexibility index (Phi) is 6.58.